The quantitative estimate of drug-likeness (QED) is 0.561. The van der Waals surface area contributed by atoms with Crippen LogP contribution < -0.4 is 0 Å². The maximum atomic E-state index is 11.3. The van der Waals surface area contributed by atoms with Gasteiger partial charge in [-0.2, -0.15) is 0 Å². The molecule has 0 aliphatic carbocycles. The Morgan fingerprint density at radius 1 is 0.826 bits per heavy atom. The highest BCUT2D eigenvalue weighted by atomic mass is 35.5. The van der Waals surface area contributed by atoms with E-state index in [1.54, 1.807) is 0 Å². The fourth-order valence-electron chi connectivity index (χ4n) is 2.87. The summed E-state index contributed by atoms with van der Waals surface area (Å²) in [7, 11) is 0. The zero-order valence-corrected chi connectivity index (χ0v) is 12.7. The zero-order chi connectivity index (χ0) is 16.6. The van der Waals surface area contributed by atoms with Gasteiger partial charge in [-0.1, -0.05) is 60.1 Å². The predicted octanol–water partition coefficient (Wildman–Crippen LogP) is 3.97. The fourth-order valence-corrected chi connectivity index (χ4v) is 3.20. The highest BCUT2D eigenvalue weighted by Crippen LogP contribution is 2.37. The molecule has 0 spiro atoms. The van der Waals surface area contributed by atoms with E-state index in [1.165, 1.54) is 0 Å². The largest absolute Gasteiger partial charge is 0.481 e. The minimum Gasteiger partial charge on any atom is -0.481 e. The fraction of sp³-hybridized carbons (Fsp3) is 0.111. The van der Waals surface area contributed by atoms with Crippen molar-refractivity contribution in [2.75, 3.05) is 0 Å². The van der Waals surface area contributed by atoms with Crippen molar-refractivity contribution in [3.63, 3.8) is 0 Å². The predicted molar refractivity (Wildman–Crippen MR) is 88.9 cm³/mol. The first-order valence-electron chi connectivity index (χ1n) is 7.04. The Balaban J connectivity index is 2.34. The monoisotopic (exact) mass is 328 g/mol. The minimum atomic E-state index is -1.50. The number of fused-ring (bicyclic) bond motifs is 2. The number of carbonyl (C=O) groups is 2. The molecule has 0 amide bonds. The summed E-state index contributed by atoms with van der Waals surface area (Å²) < 4.78 is 0. The van der Waals surface area contributed by atoms with E-state index in [0.29, 0.717) is 10.6 Å². The average Bonchev–Trinajstić information content (AvgIpc) is 2.54. The molecule has 116 valence electrons. The third-order valence-electron chi connectivity index (χ3n) is 3.98. The van der Waals surface area contributed by atoms with Crippen LogP contribution in [0.2, 0.25) is 5.02 Å². The molecule has 3 rings (SSSR count). The van der Waals surface area contributed by atoms with Crippen molar-refractivity contribution < 1.29 is 19.8 Å². The van der Waals surface area contributed by atoms with Gasteiger partial charge < -0.3 is 10.2 Å². The maximum absolute atomic E-state index is 11.3. The smallest absolute Gasteiger partial charge is 0.318 e. The van der Waals surface area contributed by atoms with Gasteiger partial charge in [0.2, 0.25) is 0 Å². The first-order valence-corrected chi connectivity index (χ1v) is 7.42. The molecule has 0 bridgehead atoms. The van der Waals surface area contributed by atoms with Gasteiger partial charge in [0.1, 0.15) is 0 Å². The summed E-state index contributed by atoms with van der Waals surface area (Å²) in [5.41, 5.74) is 0.690. The van der Waals surface area contributed by atoms with Crippen molar-refractivity contribution in [1.82, 2.24) is 0 Å². The molecule has 0 saturated heterocycles. The molecule has 0 saturated carbocycles. The lowest BCUT2D eigenvalue weighted by molar-refractivity contribution is -0.154. The van der Waals surface area contributed by atoms with Gasteiger partial charge in [-0.3, -0.25) is 9.59 Å². The summed E-state index contributed by atoms with van der Waals surface area (Å²) in [6.07, 6.45) is -0.0944. The van der Waals surface area contributed by atoms with Crippen molar-refractivity contribution in [3.8, 4) is 0 Å². The van der Waals surface area contributed by atoms with Gasteiger partial charge in [-0.05, 0) is 22.8 Å². The molecule has 23 heavy (non-hydrogen) atoms. The molecule has 5 heteroatoms. The SMILES string of the molecule is O=C(O)C(Cc1c2ccccc2c(Cl)c2ccccc12)C(=O)O. The Hall–Kier alpha value is -2.59. The Kier molecular flexibility index (Phi) is 3.92. The highest BCUT2D eigenvalue weighted by Gasteiger charge is 2.28. The highest BCUT2D eigenvalue weighted by molar-refractivity contribution is 6.41. The first-order chi connectivity index (χ1) is 11.0. The van der Waals surface area contributed by atoms with Crippen molar-refractivity contribution in [2.45, 2.75) is 6.42 Å². The van der Waals surface area contributed by atoms with Gasteiger partial charge >= 0.3 is 11.9 Å². The molecule has 0 aliphatic rings. The molecule has 0 heterocycles. The lowest BCUT2D eigenvalue weighted by atomic mass is 9.90. The Morgan fingerprint density at radius 3 is 1.61 bits per heavy atom. The van der Waals surface area contributed by atoms with E-state index in [-0.39, 0.29) is 6.42 Å². The van der Waals surface area contributed by atoms with Crippen LogP contribution in [0.25, 0.3) is 21.5 Å². The summed E-state index contributed by atoms with van der Waals surface area (Å²) in [4.78, 5) is 22.6. The number of carboxylic acids is 2. The number of rotatable bonds is 4. The van der Waals surface area contributed by atoms with Crippen molar-refractivity contribution in [1.29, 1.82) is 0 Å². The van der Waals surface area contributed by atoms with E-state index in [0.717, 1.165) is 21.5 Å². The van der Waals surface area contributed by atoms with Gasteiger partial charge in [0.05, 0.1) is 5.02 Å². The normalized spacial score (nSPS) is 11.2. The summed E-state index contributed by atoms with van der Waals surface area (Å²) in [6.45, 7) is 0. The van der Waals surface area contributed by atoms with Crippen molar-refractivity contribution in [2.24, 2.45) is 5.92 Å². The number of halogens is 1. The number of carboxylic acid groups (broad SMARTS) is 2. The van der Waals surface area contributed by atoms with Crippen LogP contribution in [0, 0.1) is 5.92 Å². The average molecular weight is 329 g/mol. The molecule has 4 nitrogen and oxygen atoms in total. The van der Waals surface area contributed by atoms with Crippen molar-refractivity contribution >= 4 is 45.1 Å². The second-order valence-electron chi connectivity index (χ2n) is 5.32. The van der Waals surface area contributed by atoms with Crippen LogP contribution in [-0.2, 0) is 16.0 Å². The number of hydrogen-bond donors (Lipinski definition) is 2. The van der Waals surface area contributed by atoms with E-state index in [9.17, 15) is 19.8 Å². The maximum Gasteiger partial charge on any atom is 0.318 e. The van der Waals surface area contributed by atoms with Crippen LogP contribution >= 0.6 is 11.6 Å². The van der Waals surface area contributed by atoms with E-state index in [2.05, 4.69) is 0 Å². The Labute approximate surface area is 136 Å². The van der Waals surface area contributed by atoms with Crippen LogP contribution in [0.5, 0.6) is 0 Å². The van der Waals surface area contributed by atoms with E-state index in [4.69, 9.17) is 11.6 Å². The van der Waals surface area contributed by atoms with Crippen LogP contribution in [0.4, 0.5) is 0 Å². The number of benzene rings is 3. The first kappa shape index (κ1) is 15.3. The van der Waals surface area contributed by atoms with Gasteiger partial charge in [-0.15, -0.1) is 0 Å². The van der Waals surface area contributed by atoms with Crippen LogP contribution in [0.15, 0.2) is 48.5 Å². The molecule has 0 unspecified atom stereocenters. The van der Waals surface area contributed by atoms with Gasteiger partial charge in [-0.25, -0.2) is 0 Å². The lowest BCUT2D eigenvalue weighted by Gasteiger charge is -2.15. The molecule has 3 aromatic rings. The molecule has 0 atom stereocenters. The van der Waals surface area contributed by atoms with Gasteiger partial charge in [0.15, 0.2) is 5.92 Å². The van der Waals surface area contributed by atoms with Gasteiger partial charge in [0.25, 0.3) is 0 Å². The number of hydrogen-bond acceptors (Lipinski definition) is 2. The van der Waals surface area contributed by atoms with Crippen LogP contribution in [-0.4, -0.2) is 22.2 Å². The molecule has 3 aromatic carbocycles. The molecular weight excluding hydrogens is 316 g/mol. The second kappa shape index (κ2) is 5.89. The standard InChI is InChI=1S/C18H13ClO4/c19-16-12-7-3-1-5-10(12)14(9-15(17(20)21)18(22)23)11-6-2-4-8-13(11)16/h1-8,15H,9H2,(H,20,21)(H,22,23). The minimum absolute atomic E-state index is 0.0944. The summed E-state index contributed by atoms with van der Waals surface area (Å²) in [6, 6.07) is 14.7. The Bertz CT molecular complexity index is 862. The third kappa shape index (κ3) is 2.62. The molecular formula is C18H13ClO4. The topological polar surface area (TPSA) is 74.6 Å². The summed E-state index contributed by atoms with van der Waals surface area (Å²) in [5, 5.41) is 22.1. The van der Waals surface area contributed by atoms with Crippen LogP contribution in [0.3, 0.4) is 0 Å². The molecule has 0 aromatic heterocycles. The van der Waals surface area contributed by atoms with Gasteiger partial charge in [0, 0.05) is 10.8 Å². The molecule has 0 radical (unpaired) electrons. The van der Waals surface area contributed by atoms with E-state index >= 15 is 0 Å². The van der Waals surface area contributed by atoms with E-state index in [1.807, 2.05) is 48.5 Å². The molecule has 2 N–H and O–H groups in total. The lowest BCUT2D eigenvalue weighted by Crippen LogP contribution is -2.25. The second-order valence-corrected chi connectivity index (χ2v) is 5.69. The van der Waals surface area contributed by atoms with Crippen LogP contribution in [0.1, 0.15) is 5.56 Å². The summed E-state index contributed by atoms with van der Waals surface area (Å²) in [5.74, 6) is -4.19. The van der Waals surface area contributed by atoms with Crippen molar-refractivity contribution in [3.05, 3.63) is 59.1 Å². The Morgan fingerprint density at radius 2 is 1.22 bits per heavy atom. The molecule has 0 fully saturated rings. The molecule has 0 aliphatic heterocycles. The summed E-state index contributed by atoms with van der Waals surface area (Å²) >= 11 is 6.48. The van der Waals surface area contributed by atoms with E-state index < -0.39 is 17.9 Å². The zero-order valence-electron chi connectivity index (χ0n) is 12.0. The third-order valence-corrected chi connectivity index (χ3v) is 4.39. The number of aliphatic carboxylic acids is 2.